The quantitative estimate of drug-likeness (QED) is 0.336. The first-order chi connectivity index (χ1) is 13.8. The van der Waals surface area contributed by atoms with Crippen molar-refractivity contribution in [3.05, 3.63) is 91.4 Å². The average Bonchev–Trinajstić information content (AvgIpc) is 3.00. The van der Waals surface area contributed by atoms with Crippen molar-refractivity contribution in [2.24, 2.45) is 0 Å². The van der Waals surface area contributed by atoms with Gasteiger partial charge in [-0.3, -0.25) is 9.59 Å². The van der Waals surface area contributed by atoms with E-state index in [0.717, 1.165) is 11.1 Å². The Morgan fingerprint density at radius 3 is 2.24 bits per heavy atom. The lowest BCUT2D eigenvalue weighted by Gasteiger charge is -2.06. The van der Waals surface area contributed by atoms with Gasteiger partial charge in [-0.1, -0.05) is 29.8 Å². The van der Waals surface area contributed by atoms with Crippen molar-refractivity contribution >= 4 is 60.9 Å². The fraction of sp³-hybridized carbons (Fsp3) is 0.0435. The molecule has 2 N–H and O–H groups in total. The first-order valence-corrected chi connectivity index (χ1v) is 10.4. The first kappa shape index (κ1) is 19.6. The third kappa shape index (κ3) is 3.78. The molecule has 0 aromatic heterocycles. The van der Waals surface area contributed by atoms with Gasteiger partial charge in [-0.25, -0.2) is 0 Å². The highest BCUT2D eigenvalue weighted by atomic mass is 79.9. The number of benzene rings is 3. The van der Waals surface area contributed by atoms with Gasteiger partial charge in [-0.05, 0) is 80.8 Å². The van der Waals surface area contributed by atoms with Crippen LogP contribution in [0.5, 0.6) is 5.75 Å². The lowest BCUT2D eigenvalue weighted by atomic mass is 9.97. The van der Waals surface area contributed by atoms with Crippen LogP contribution < -0.4 is 5.32 Å². The number of anilines is 1. The normalized spacial score (nSPS) is 14.0. The molecule has 0 saturated carbocycles. The molecule has 1 heterocycles. The average molecular weight is 513 g/mol. The second kappa shape index (κ2) is 7.61. The Balaban J connectivity index is 1.76. The van der Waals surface area contributed by atoms with E-state index in [-0.39, 0.29) is 17.4 Å². The van der Waals surface area contributed by atoms with Gasteiger partial charge in [0, 0.05) is 28.0 Å². The van der Waals surface area contributed by atoms with Gasteiger partial charge in [-0.15, -0.1) is 0 Å². The van der Waals surface area contributed by atoms with Gasteiger partial charge >= 0.3 is 0 Å². The highest BCUT2D eigenvalue weighted by molar-refractivity contribution is 9.11. The minimum Gasteiger partial charge on any atom is -0.506 e. The summed E-state index contributed by atoms with van der Waals surface area (Å²) < 4.78 is 1.03. The molecule has 4 nitrogen and oxygen atoms in total. The standard InChI is InChI=1S/C23H15Br2NO3/c1-12-2-4-14(5-3-12)21(27)15-6-7-20-16(11-15)17(23(29)26-20)8-13-9-18(24)22(28)19(25)10-13/h2-11,28H,1H3,(H,26,29). The fourth-order valence-electron chi connectivity index (χ4n) is 3.18. The van der Waals surface area contributed by atoms with Crippen LogP contribution in [-0.2, 0) is 4.79 Å². The Bertz CT molecular complexity index is 1170. The summed E-state index contributed by atoms with van der Waals surface area (Å²) in [5.74, 6) is -0.240. The van der Waals surface area contributed by atoms with Gasteiger partial charge in [0.15, 0.2) is 5.78 Å². The predicted molar refractivity (Wildman–Crippen MR) is 121 cm³/mol. The zero-order valence-corrected chi connectivity index (χ0v) is 18.5. The maximum Gasteiger partial charge on any atom is 0.256 e. The molecule has 0 aliphatic carbocycles. The number of ketones is 1. The Kier molecular flexibility index (Phi) is 5.15. The number of phenols is 1. The summed E-state index contributed by atoms with van der Waals surface area (Å²) in [6, 6.07) is 16.1. The Labute approximate surface area is 184 Å². The number of fused-ring (bicyclic) bond motifs is 1. The minimum atomic E-state index is -0.236. The highest BCUT2D eigenvalue weighted by Gasteiger charge is 2.25. The Morgan fingerprint density at radius 2 is 1.59 bits per heavy atom. The van der Waals surface area contributed by atoms with E-state index in [0.29, 0.717) is 36.9 Å². The van der Waals surface area contributed by atoms with Crippen LogP contribution in [0.2, 0.25) is 0 Å². The van der Waals surface area contributed by atoms with Gasteiger partial charge < -0.3 is 10.4 Å². The largest absolute Gasteiger partial charge is 0.506 e. The third-order valence-electron chi connectivity index (χ3n) is 4.73. The number of nitrogens with one attached hydrogen (secondary N) is 1. The van der Waals surface area contributed by atoms with E-state index in [9.17, 15) is 14.7 Å². The van der Waals surface area contributed by atoms with Crippen molar-refractivity contribution in [1.82, 2.24) is 0 Å². The molecule has 0 atom stereocenters. The number of phenolic OH excluding ortho intramolecular Hbond substituents is 1. The molecule has 144 valence electrons. The van der Waals surface area contributed by atoms with E-state index in [1.807, 2.05) is 19.1 Å². The molecule has 0 unspecified atom stereocenters. The maximum atomic E-state index is 12.9. The van der Waals surface area contributed by atoms with Gasteiger partial charge in [0.1, 0.15) is 5.75 Å². The lowest BCUT2D eigenvalue weighted by molar-refractivity contribution is -0.110. The van der Waals surface area contributed by atoms with E-state index in [4.69, 9.17) is 0 Å². The zero-order valence-electron chi connectivity index (χ0n) is 15.3. The van der Waals surface area contributed by atoms with Crippen molar-refractivity contribution in [1.29, 1.82) is 0 Å². The number of aryl methyl sites for hydroxylation is 1. The van der Waals surface area contributed by atoms with E-state index in [1.54, 1.807) is 48.5 Å². The number of rotatable bonds is 3. The van der Waals surface area contributed by atoms with Crippen LogP contribution in [0.25, 0.3) is 11.6 Å². The van der Waals surface area contributed by atoms with Crippen molar-refractivity contribution in [3.8, 4) is 5.75 Å². The number of halogens is 2. The maximum absolute atomic E-state index is 12.9. The van der Waals surface area contributed by atoms with Crippen LogP contribution in [0.3, 0.4) is 0 Å². The molecule has 3 aromatic rings. The zero-order chi connectivity index (χ0) is 20.7. The van der Waals surface area contributed by atoms with Crippen LogP contribution in [0, 0.1) is 6.92 Å². The van der Waals surface area contributed by atoms with Crippen LogP contribution >= 0.6 is 31.9 Å². The summed E-state index contributed by atoms with van der Waals surface area (Å²) >= 11 is 6.60. The molecule has 0 fully saturated rings. The van der Waals surface area contributed by atoms with Crippen molar-refractivity contribution in [3.63, 3.8) is 0 Å². The second-order valence-corrected chi connectivity index (χ2v) is 8.51. The fourth-order valence-corrected chi connectivity index (χ4v) is 4.40. The minimum absolute atomic E-state index is 0.0920. The third-order valence-corrected chi connectivity index (χ3v) is 5.94. The Hall–Kier alpha value is -2.70. The van der Waals surface area contributed by atoms with E-state index in [2.05, 4.69) is 37.2 Å². The number of hydrogen-bond acceptors (Lipinski definition) is 3. The summed E-state index contributed by atoms with van der Waals surface area (Å²) in [4.78, 5) is 25.4. The SMILES string of the molecule is Cc1ccc(C(=O)c2ccc3c(c2)C(=Cc2cc(Br)c(O)c(Br)c2)C(=O)N3)cc1. The summed E-state index contributed by atoms with van der Waals surface area (Å²) in [6.45, 7) is 1.97. The molecule has 4 rings (SSSR count). The summed E-state index contributed by atoms with van der Waals surface area (Å²) in [6.07, 6.45) is 1.73. The molecule has 1 aliphatic heterocycles. The molecule has 0 saturated heterocycles. The molecule has 1 amide bonds. The molecule has 0 bridgehead atoms. The van der Waals surface area contributed by atoms with E-state index in [1.165, 1.54) is 0 Å². The first-order valence-electron chi connectivity index (χ1n) is 8.80. The number of amides is 1. The van der Waals surface area contributed by atoms with Crippen LogP contribution in [0.1, 0.15) is 32.6 Å². The topological polar surface area (TPSA) is 66.4 Å². The van der Waals surface area contributed by atoms with Crippen LogP contribution in [-0.4, -0.2) is 16.8 Å². The second-order valence-electron chi connectivity index (χ2n) is 6.80. The summed E-state index contributed by atoms with van der Waals surface area (Å²) in [5.41, 5.74) is 4.74. The predicted octanol–water partition coefficient (Wildman–Crippen LogP) is 5.95. The summed E-state index contributed by atoms with van der Waals surface area (Å²) in [7, 11) is 0. The van der Waals surface area contributed by atoms with Gasteiger partial charge in [0.2, 0.25) is 0 Å². The van der Waals surface area contributed by atoms with Gasteiger partial charge in [0.25, 0.3) is 5.91 Å². The van der Waals surface area contributed by atoms with E-state index < -0.39 is 0 Å². The molecule has 29 heavy (non-hydrogen) atoms. The van der Waals surface area contributed by atoms with Gasteiger partial charge in [0.05, 0.1) is 8.95 Å². The molecule has 0 radical (unpaired) electrons. The van der Waals surface area contributed by atoms with Crippen molar-refractivity contribution in [2.45, 2.75) is 6.92 Å². The molecule has 6 heteroatoms. The molecular weight excluding hydrogens is 498 g/mol. The number of carbonyl (C=O) groups is 2. The number of carbonyl (C=O) groups excluding carboxylic acids is 2. The number of hydrogen-bond donors (Lipinski definition) is 2. The molecule has 0 spiro atoms. The monoisotopic (exact) mass is 511 g/mol. The number of aromatic hydroxyl groups is 1. The molecular formula is C23H15Br2NO3. The highest BCUT2D eigenvalue weighted by Crippen LogP contribution is 2.37. The smallest absolute Gasteiger partial charge is 0.256 e. The van der Waals surface area contributed by atoms with Crippen molar-refractivity contribution < 1.29 is 14.7 Å². The van der Waals surface area contributed by atoms with Crippen LogP contribution in [0.4, 0.5) is 5.69 Å². The van der Waals surface area contributed by atoms with E-state index >= 15 is 0 Å². The lowest BCUT2D eigenvalue weighted by Crippen LogP contribution is -2.03. The van der Waals surface area contributed by atoms with Gasteiger partial charge in [-0.2, -0.15) is 0 Å². The van der Waals surface area contributed by atoms with Crippen molar-refractivity contribution in [2.75, 3.05) is 5.32 Å². The Morgan fingerprint density at radius 1 is 0.966 bits per heavy atom. The molecule has 3 aromatic carbocycles. The summed E-state index contributed by atoms with van der Waals surface area (Å²) in [5, 5.41) is 12.7. The van der Waals surface area contributed by atoms with Crippen LogP contribution in [0.15, 0.2) is 63.5 Å². The molecule has 1 aliphatic rings.